The summed E-state index contributed by atoms with van der Waals surface area (Å²) in [5, 5.41) is 0. The van der Waals surface area contributed by atoms with Gasteiger partial charge in [0.25, 0.3) is 0 Å². The SMILES string of the molecule is [2H]C1Oc2ccccc2[C@H]2Oc3ccccc3[C@@H]12. The topological polar surface area (TPSA) is 18.5 Å². The van der Waals surface area contributed by atoms with Crippen LogP contribution >= 0.6 is 0 Å². The number of fused-ring (bicyclic) bond motifs is 5. The van der Waals surface area contributed by atoms with Crippen molar-refractivity contribution in [3.63, 3.8) is 0 Å². The molecule has 3 atom stereocenters. The first-order valence-corrected chi connectivity index (χ1v) is 5.78. The fraction of sp³-hybridized carbons (Fsp3) is 0.200. The molecule has 0 spiro atoms. The molecule has 2 aromatic rings. The molecule has 0 aliphatic carbocycles. The Morgan fingerprint density at radius 3 is 2.53 bits per heavy atom. The molecule has 0 fully saturated rings. The van der Waals surface area contributed by atoms with Crippen LogP contribution in [0, 0.1) is 0 Å². The summed E-state index contributed by atoms with van der Waals surface area (Å²) in [4.78, 5) is 0. The number of hydrogen-bond donors (Lipinski definition) is 0. The summed E-state index contributed by atoms with van der Waals surface area (Å²) in [5.41, 5.74) is 2.12. The highest BCUT2D eigenvalue weighted by Gasteiger charge is 2.40. The normalized spacial score (nSPS) is 29.2. The van der Waals surface area contributed by atoms with Gasteiger partial charge in [-0.05, 0) is 12.1 Å². The maximum Gasteiger partial charge on any atom is 0.138 e. The minimum absolute atomic E-state index is 0.0314. The zero-order valence-corrected chi connectivity index (χ0v) is 9.17. The molecule has 2 aliphatic heterocycles. The molecule has 1 unspecified atom stereocenters. The van der Waals surface area contributed by atoms with Crippen LogP contribution < -0.4 is 9.47 Å². The van der Waals surface area contributed by atoms with E-state index in [4.69, 9.17) is 10.8 Å². The van der Waals surface area contributed by atoms with Gasteiger partial charge in [0.2, 0.25) is 0 Å². The van der Waals surface area contributed by atoms with E-state index in [1.54, 1.807) is 0 Å². The minimum Gasteiger partial charge on any atom is -0.492 e. The molecule has 0 amide bonds. The molecule has 0 radical (unpaired) electrons. The van der Waals surface area contributed by atoms with Crippen LogP contribution in [0.5, 0.6) is 11.5 Å². The zero-order valence-electron chi connectivity index (χ0n) is 10.2. The van der Waals surface area contributed by atoms with E-state index in [1.165, 1.54) is 0 Å². The van der Waals surface area contributed by atoms with Crippen LogP contribution in [0.1, 0.15) is 24.5 Å². The van der Waals surface area contributed by atoms with Crippen LogP contribution in [0.3, 0.4) is 0 Å². The summed E-state index contributed by atoms with van der Waals surface area (Å²) in [6, 6.07) is 15.8. The Bertz CT molecular complexity index is 611. The largest absolute Gasteiger partial charge is 0.492 e. The molecular formula is C15H12O2. The van der Waals surface area contributed by atoms with E-state index in [0.29, 0.717) is 0 Å². The summed E-state index contributed by atoms with van der Waals surface area (Å²) < 4.78 is 19.9. The van der Waals surface area contributed by atoms with E-state index in [2.05, 4.69) is 0 Å². The van der Waals surface area contributed by atoms with Gasteiger partial charge in [0.05, 0.1) is 13.9 Å². The zero-order chi connectivity index (χ0) is 12.1. The van der Waals surface area contributed by atoms with E-state index < -0.39 is 6.58 Å². The Balaban J connectivity index is 1.89. The summed E-state index contributed by atoms with van der Waals surface area (Å²) in [6.45, 7) is -0.603. The second-order valence-electron chi connectivity index (χ2n) is 4.39. The fourth-order valence-electron chi connectivity index (χ4n) is 2.61. The molecule has 0 N–H and O–H groups in total. The average Bonchev–Trinajstić information content (AvgIpc) is 2.79. The molecule has 2 aliphatic rings. The monoisotopic (exact) mass is 225 g/mol. The van der Waals surface area contributed by atoms with Gasteiger partial charge in [-0.2, -0.15) is 0 Å². The molecule has 84 valence electrons. The second-order valence-corrected chi connectivity index (χ2v) is 4.39. The Kier molecular flexibility index (Phi) is 1.57. The van der Waals surface area contributed by atoms with Gasteiger partial charge in [0.1, 0.15) is 17.6 Å². The van der Waals surface area contributed by atoms with Gasteiger partial charge in [0.15, 0.2) is 0 Å². The van der Waals surface area contributed by atoms with E-state index in [0.717, 1.165) is 22.6 Å². The highest BCUT2D eigenvalue weighted by molar-refractivity contribution is 5.48. The quantitative estimate of drug-likeness (QED) is 0.685. The van der Waals surface area contributed by atoms with E-state index in [1.807, 2.05) is 48.5 Å². The minimum atomic E-state index is -0.603. The summed E-state index contributed by atoms with van der Waals surface area (Å²) in [6.07, 6.45) is -0.0881. The van der Waals surface area contributed by atoms with E-state index >= 15 is 0 Å². The second kappa shape index (κ2) is 3.27. The fourth-order valence-corrected chi connectivity index (χ4v) is 2.61. The smallest absolute Gasteiger partial charge is 0.138 e. The Labute approximate surface area is 101 Å². The van der Waals surface area contributed by atoms with Crippen LogP contribution in [0.4, 0.5) is 0 Å². The first kappa shape index (κ1) is 8.18. The third-order valence-corrected chi connectivity index (χ3v) is 3.43. The van der Waals surface area contributed by atoms with Gasteiger partial charge in [-0.1, -0.05) is 36.4 Å². The lowest BCUT2D eigenvalue weighted by molar-refractivity contribution is 0.139. The number of ether oxygens (including phenoxy) is 2. The summed E-state index contributed by atoms with van der Waals surface area (Å²) in [7, 11) is 0. The molecule has 0 aromatic heterocycles. The van der Waals surface area contributed by atoms with Crippen molar-refractivity contribution in [1.82, 2.24) is 0 Å². The van der Waals surface area contributed by atoms with Crippen molar-refractivity contribution < 1.29 is 10.8 Å². The highest BCUT2D eigenvalue weighted by Crippen LogP contribution is 2.50. The van der Waals surface area contributed by atoms with E-state index in [9.17, 15) is 0 Å². The van der Waals surface area contributed by atoms with Gasteiger partial charge in [-0.15, -0.1) is 0 Å². The molecule has 2 nitrogen and oxygen atoms in total. The van der Waals surface area contributed by atoms with Crippen molar-refractivity contribution in [2.24, 2.45) is 0 Å². The van der Waals surface area contributed by atoms with Crippen molar-refractivity contribution in [3.8, 4) is 11.5 Å². The average molecular weight is 225 g/mol. The predicted octanol–water partition coefficient (Wildman–Crippen LogP) is 3.30. The lowest BCUT2D eigenvalue weighted by Gasteiger charge is -2.27. The highest BCUT2D eigenvalue weighted by atomic mass is 16.5. The lowest BCUT2D eigenvalue weighted by Crippen LogP contribution is -2.22. The van der Waals surface area contributed by atoms with Gasteiger partial charge in [0, 0.05) is 11.1 Å². The molecule has 0 bridgehead atoms. The van der Waals surface area contributed by atoms with Gasteiger partial charge in [-0.25, -0.2) is 0 Å². The maximum atomic E-state index is 8.16. The van der Waals surface area contributed by atoms with Crippen molar-refractivity contribution in [3.05, 3.63) is 59.7 Å². The first-order valence-electron chi connectivity index (χ1n) is 6.36. The van der Waals surface area contributed by atoms with Crippen LogP contribution in [0.25, 0.3) is 0 Å². The van der Waals surface area contributed by atoms with E-state index in [-0.39, 0.29) is 12.0 Å². The first-order chi connectivity index (χ1) is 8.84. The van der Waals surface area contributed by atoms with Crippen LogP contribution in [0.15, 0.2) is 48.5 Å². The van der Waals surface area contributed by atoms with Gasteiger partial charge in [-0.3, -0.25) is 0 Å². The van der Waals surface area contributed by atoms with Crippen molar-refractivity contribution >= 4 is 0 Å². The Hall–Kier alpha value is -1.96. The Morgan fingerprint density at radius 2 is 1.65 bits per heavy atom. The Morgan fingerprint density at radius 1 is 0.941 bits per heavy atom. The molecule has 2 heterocycles. The predicted molar refractivity (Wildman–Crippen MR) is 64.5 cm³/mol. The van der Waals surface area contributed by atoms with Crippen molar-refractivity contribution in [2.75, 3.05) is 6.58 Å². The van der Waals surface area contributed by atoms with Crippen molar-refractivity contribution in [2.45, 2.75) is 12.0 Å². The standard InChI is InChI=1S/C15H12O2/c1-4-8-14-10(5-1)12-9-16-13-7-3-2-6-11(13)15(12)17-14/h1-8,12,15H,9H2/t12-,15-/m1/s1/i9D/t9?,12-,15-. The van der Waals surface area contributed by atoms with Crippen molar-refractivity contribution in [1.29, 1.82) is 0 Å². The molecule has 2 heteroatoms. The molecule has 4 rings (SSSR count). The third-order valence-electron chi connectivity index (χ3n) is 3.43. The lowest BCUT2D eigenvalue weighted by atomic mass is 9.89. The number of para-hydroxylation sites is 2. The molecular weight excluding hydrogens is 212 g/mol. The number of hydrogen-bond acceptors (Lipinski definition) is 2. The number of rotatable bonds is 0. The maximum absolute atomic E-state index is 8.16. The van der Waals surface area contributed by atoms with Gasteiger partial charge >= 0.3 is 0 Å². The van der Waals surface area contributed by atoms with Crippen LogP contribution in [0.2, 0.25) is 0 Å². The summed E-state index contributed by atoms with van der Waals surface area (Å²) in [5.74, 6) is 1.62. The summed E-state index contributed by atoms with van der Waals surface area (Å²) >= 11 is 0. The molecule has 2 aromatic carbocycles. The molecule has 17 heavy (non-hydrogen) atoms. The van der Waals surface area contributed by atoms with Crippen LogP contribution in [-0.2, 0) is 0 Å². The third kappa shape index (κ3) is 1.21. The van der Waals surface area contributed by atoms with Crippen LogP contribution in [-0.4, -0.2) is 6.58 Å². The molecule has 0 saturated heterocycles. The molecule has 0 saturated carbocycles. The van der Waals surface area contributed by atoms with Gasteiger partial charge < -0.3 is 9.47 Å². The number of benzene rings is 2.